The number of carbonyl (C=O) groups is 1. The van der Waals surface area contributed by atoms with Gasteiger partial charge in [0, 0.05) is 0 Å². The molecule has 7 heavy (non-hydrogen) atoms. The van der Waals surface area contributed by atoms with E-state index in [4.69, 9.17) is 0 Å². The van der Waals surface area contributed by atoms with Crippen molar-refractivity contribution < 1.29 is 9.53 Å². The van der Waals surface area contributed by atoms with Crippen molar-refractivity contribution in [3.8, 4) is 0 Å². The maximum atomic E-state index is 9.96. The Hall–Kier alpha value is -1.06. The summed E-state index contributed by atoms with van der Waals surface area (Å²) in [4.78, 5) is 9.96. The maximum absolute atomic E-state index is 9.96. The zero-order valence-electron chi connectivity index (χ0n) is 3.92. The molecule has 4 heteroatoms. The minimum absolute atomic E-state index is 0.539. The zero-order chi connectivity index (χ0) is 5.70. The van der Waals surface area contributed by atoms with Gasteiger partial charge in [0.25, 0.3) is 0 Å². The van der Waals surface area contributed by atoms with Gasteiger partial charge in [-0.25, -0.2) is 4.79 Å². The smallest absolute Gasteiger partial charge is 0.350 e. The van der Waals surface area contributed by atoms with Gasteiger partial charge in [0.1, 0.15) is 6.21 Å². The molecule has 0 heterocycles. The van der Waals surface area contributed by atoms with Crippen molar-refractivity contribution in [1.82, 2.24) is 0 Å². The van der Waals surface area contributed by atoms with Crippen molar-refractivity contribution in [2.75, 3.05) is 7.11 Å². The summed E-state index contributed by atoms with van der Waals surface area (Å²) in [5.41, 5.74) is 0. The number of methoxy groups -OCH3 is 1. The predicted octanol–water partition coefficient (Wildman–Crippen LogP) is -0.896. The molecule has 0 aliphatic carbocycles. The Morgan fingerprint density at radius 1 is 2.00 bits per heavy atom. The molecule has 0 rings (SSSR count). The lowest BCUT2D eigenvalue weighted by Crippen LogP contribution is -2.02. The van der Waals surface area contributed by atoms with E-state index in [-0.39, 0.29) is 0 Å². The molecule has 4 nitrogen and oxygen atoms in total. The number of ether oxygens (including phenoxy) is 1. The van der Waals surface area contributed by atoms with Crippen LogP contribution in [0.1, 0.15) is 0 Å². The molecule has 0 unspecified atom stereocenters. The van der Waals surface area contributed by atoms with Gasteiger partial charge in [0.05, 0.1) is 7.11 Å². The largest absolute Gasteiger partial charge is 0.465 e. The molecular formula is C3H6N2O2. The highest BCUT2D eigenvalue weighted by Gasteiger charge is 1.86. The summed E-state index contributed by atoms with van der Waals surface area (Å²) < 4.78 is 4.12. The van der Waals surface area contributed by atoms with E-state index in [0.717, 1.165) is 6.21 Å². The number of nitrogens with zero attached hydrogens (tertiary/aromatic N) is 1. The van der Waals surface area contributed by atoms with E-state index in [9.17, 15) is 4.79 Å². The van der Waals surface area contributed by atoms with Gasteiger partial charge in [-0.15, -0.1) is 0 Å². The Balaban J connectivity index is 3.37. The molecule has 0 saturated heterocycles. The van der Waals surface area contributed by atoms with Gasteiger partial charge in [0.15, 0.2) is 0 Å². The second-order valence-corrected chi connectivity index (χ2v) is 0.801. The van der Waals surface area contributed by atoms with Gasteiger partial charge in [-0.2, -0.15) is 5.10 Å². The Morgan fingerprint density at radius 3 is 2.71 bits per heavy atom. The molecule has 0 amide bonds. The first-order valence-corrected chi connectivity index (χ1v) is 1.62. The van der Waals surface area contributed by atoms with Gasteiger partial charge in [0.2, 0.25) is 0 Å². The molecule has 0 radical (unpaired) electrons. The first kappa shape index (κ1) is 5.94. The monoisotopic (exact) mass is 102 g/mol. The lowest BCUT2D eigenvalue weighted by molar-refractivity contribution is -0.132. The third kappa shape index (κ3) is 2.75. The lowest BCUT2D eigenvalue weighted by Gasteiger charge is -1.83. The summed E-state index contributed by atoms with van der Waals surface area (Å²) in [5, 5.41) is 2.91. The van der Waals surface area contributed by atoms with Crippen LogP contribution in [-0.2, 0) is 9.53 Å². The SMILES string of the molecule is COC(=O)C=NN. The highest BCUT2D eigenvalue weighted by Crippen LogP contribution is 1.61. The second-order valence-electron chi connectivity index (χ2n) is 0.801. The summed E-state index contributed by atoms with van der Waals surface area (Å²) in [6.45, 7) is 0. The van der Waals surface area contributed by atoms with E-state index in [0.29, 0.717) is 0 Å². The lowest BCUT2D eigenvalue weighted by atomic mass is 10.8. The van der Waals surface area contributed by atoms with Crippen LogP contribution in [0, 0.1) is 0 Å². The summed E-state index contributed by atoms with van der Waals surface area (Å²) in [5.74, 6) is 4.03. The fraction of sp³-hybridized carbons (Fsp3) is 0.333. The Morgan fingerprint density at radius 2 is 2.57 bits per heavy atom. The Bertz CT molecular complexity index is 88.9. The van der Waals surface area contributed by atoms with Crippen LogP contribution < -0.4 is 5.84 Å². The number of nitrogens with two attached hydrogens (primary N) is 1. The maximum Gasteiger partial charge on any atom is 0.350 e. The second kappa shape index (κ2) is 3.14. The fourth-order valence-electron chi connectivity index (χ4n) is 0.114. The van der Waals surface area contributed by atoms with Crippen molar-refractivity contribution in [3.63, 3.8) is 0 Å². The minimum atomic E-state index is -0.539. The normalized spacial score (nSPS) is 9.29. The van der Waals surface area contributed by atoms with Crippen LogP contribution in [0.4, 0.5) is 0 Å². The zero-order valence-corrected chi connectivity index (χ0v) is 3.92. The molecule has 0 aromatic carbocycles. The molecule has 0 aromatic rings. The number of hydrogen-bond donors (Lipinski definition) is 1. The van der Waals surface area contributed by atoms with Crippen molar-refractivity contribution in [1.29, 1.82) is 0 Å². The highest BCUT2D eigenvalue weighted by molar-refractivity contribution is 6.22. The average molecular weight is 102 g/mol. The van der Waals surface area contributed by atoms with E-state index in [1.54, 1.807) is 0 Å². The molecule has 0 aliphatic rings. The Labute approximate surface area is 40.9 Å². The number of hydrogen-bond acceptors (Lipinski definition) is 4. The molecule has 0 fully saturated rings. The van der Waals surface area contributed by atoms with Crippen molar-refractivity contribution in [3.05, 3.63) is 0 Å². The standard InChI is InChI=1S/C3H6N2O2/c1-7-3(6)2-5-4/h2H,4H2,1H3. The highest BCUT2D eigenvalue weighted by atomic mass is 16.5. The van der Waals surface area contributed by atoms with Crippen LogP contribution in [0.15, 0.2) is 5.10 Å². The van der Waals surface area contributed by atoms with Gasteiger partial charge in [-0.1, -0.05) is 0 Å². The fourth-order valence-corrected chi connectivity index (χ4v) is 0.114. The molecule has 0 spiro atoms. The molecular weight excluding hydrogens is 96.0 g/mol. The van der Waals surface area contributed by atoms with Crippen LogP contribution >= 0.6 is 0 Å². The summed E-state index contributed by atoms with van der Waals surface area (Å²) in [6, 6.07) is 0. The first-order chi connectivity index (χ1) is 3.31. The number of esters is 1. The summed E-state index contributed by atoms with van der Waals surface area (Å²) in [7, 11) is 1.25. The number of carbonyl (C=O) groups excluding carboxylic acids is 1. The molecule has 40 valence electrons. The van der Waals surface area contributed by atoms with Gasteiger partial charge in [-0.3, -0.25) is 0 Å². The minimum Gasteiger partial charge on any atom is -0.465 e. The first-order valence-electron chi connectivity index (χ1n) is 1.62. The van der Waals surface area contributed by atoms with E-state index >= 15 is 0 Å². The van der Waals surface area contributed by atoms with Crippen LogP contribution in [0.3, 0.4) is 0 Å². The molecule has 0 aromatic heterocycles. The van der Waals surface area contributed by atoms with Gasteiger partial charge in [-0.05, 0) is 0 Å². The van der Waals surface area contributed by atoms with Crippen molar-refractivity contribution in [2.45, 2.75) is 0 Å². The van der Waals surface area contributed by atoms with E-state index < -0.39 is 5.97 Å². The van der Waals surface area contributed by atoms with Crippen LogP contribution in [-0.4, -0.2) is 19.3 Å². The molecule has 0 atom stereocenters. The molecule has 0 saturated carbocycles. The van der Waals surface area contributed by atoms with Crippen molar-refractivity contribution in [2.24, 2.45) is 10.9 Å². The average Bonchev–Trinajstić information content (AvgIpc) is 1.68. The molecule has 0 aliphatic heterocycles. The quantitative estimate of drug-likeness (QED) is 0.202. The third-order valence-electron chi connectivity index (χ3n) is 0.381. The number of rotatable bonds is 1. The number of hydrazone groups is 1. The summed E-state index contributed by atoms with van der Waals surface area (Å²) >= 11 is 0. The van der Waals surface area contributed by atoms with Crippen LogP contribution in [0.25, 0.3) is 0 Å². The molecule has 2 N–H and O–H groups in total. The van der Waals surface area contributed by atoms with Gasteiger partial charge >= 0.3 is 5.97 Å². The predicted molar refractivity (Wildman–Crippen MR) is 24.7 cm³/mol. The van der Waals surface area contributed by atoms with Gasteiger partial charge < -0.3 is 10.6 Å². The van der Waals surface area contributed by atoms with E-state index in [1.165, 1.54) is 7.11 Å². The van der Waals surface area contributed by atoms with E-state index in [1.807, 2.05) is 0 Å². The Kier molecular flexibility index (Phi) is 2.67. The van der Waals surface area contributed by atoms with Crippen LogP contribution in [0.2, 0.25) is 0 Å². The van der Waals surface area contributed by atoms with E-state index in [2.05, 4.69) is 15.7 Å². The summed E-state index contributed by atoms with van der Waals surface area (Å²) in [6.07, 6.45) is 0.889. The van der Waals surface area contributed by atoms with Crippen LogP contribution in [0.5, 0.6) is 0 Å². The third-order valence-corrected chi connectivity index (χ3v) is 0.381. The van der Waals surface area contributed by atoms with Crippen molar-refractivity contribution >= 4 is 12.2 Å². The molecule has 0 bridgehead atoms. The topological polar surface area (TPSA) is 64.7 Å².